The monoisotopic (exact) mass is 1330 g/mol. The number of amides is 4. The summed E-state index contributed by atoms with van der Waals surface area (Å²) in [6.07, 6.45) is 16.5. The van der Waals surface area contributed by atoms with Gasteiger partial charge in [-0.05, 0) is 153 Å². The van der Waals surface area contributed by atoms with Crippen molar-refractivity contribution < 1.29 is 19.2 Å². The summed E-state index contributed by atoms with van der Waals surface area (Å²) < 4.78 is 0. The smallest absolute Gasteiger partial charge is 0.223 e. The van der Waals surface area contributed by atoms with Crippen LogP contribution in [0, 0.1) is 21.6 Å². The van der Waals surface area contributed by atoms with E-state index in [0.717, 1.165) is 157 Å². The lowest BCUT2D eigenvalue weighted by Gasteiger charge is -2.23. The van der Waals surface area contributed by atoms with Crippen LogP contribution in [0.2, 0.25) is 0 Å². The Morgan fingerprint density at radius 1 is 0.333 bits per heavy atom. The maximum Gasteiger partial charge on any atom is 0.223 e. The van der Waals surface area contributed by atoms with E-state index in [0.29, 0.717) is 104 Å². The second kappa shape index (κ2) is 60.7. The summed E-state index contributed by atoms with van der Waals surface area (Å²) in [4.78, 5) is 59.6. The van der Waals surface area contributed by atoms with Gasteiger partial charge in [-0.1, -0.05) is 6.08 Å². The van der Waals surface area contributed by atoms with Crippen LogP contribution in [0.5, 0.6) is 0 Å². The van der Waals surface area contributed by atoms with E-state index in [1.807, 2.05) is 97.0 Å². The quantitative estimate of drug-likeness (QED) is 0.0155. The lowest BCUT2D eigenvalue weighted by atomic mass is 10.3. The third-order valence-corrected chi connectivity index (χ3v) is 21.2. The zero-order valence-corrected chi connectivity index (χ0v) is 57.2. The lowest BCUT2D eigenvalue weighted by Crippen LogP contribution is -2.41. The molecule has 4 amide bonds. The van der Waals surface area contributed by atoms with E-state index in [2.05, 4.69) is 27.8 Å². The van der Waals surface area contributed by atoms with Crippen molar-refractivity contribution in [3.8, 4) is 0 Å². The van der Waals surface area contributed by atoms with E-state index >= 15 is 0 Å². The normalized spacial score (nSPS) is 11.0. The third-order valence-electron chi connectivity index (χ3n) is 12.3. The molecule has 21 nitrogen and oxygen atoms in total. The highest BCUT2D eigenvalue weighted by molar-refractivity contribution is 8.00. The van der Waals surface area contributed by atoms with Crippen LogP contribution in [0.3, 0.4) is 0 Å². The molecule has 0 radical (unpaired) electrons. The van der Waals surface area contributed by atoms with Gasteiger partial charge in [0.15, 0.2) is 23.8 Å². The van der Waals surface area contributed by atoms with Crippen molar-refractivity contribution in [2.24, 2.45) is 28.7 Å². The van der Waals surface area contributed by atoms with Crippen molar-refractivity contribution in [1.29, 1.82) is 21.6 Å². The van der Waals surface area contributed by atoms with Crippen LogP contribution in [0.1, 0.15) is 103 Å². The molecule has 29 heteroatoms. The molecule has 0 rings (SSSR count). The Bertz CT molecular complexity index is 1740. The lowest BCUT2D eigenvalue weighted by molar-refractivity contribution is -0.131. The summed E-state index contributed by atoms with van der Waals surface area (Å²) in [6.45, 7) is 10.9. The van der Waals surface area contributed by atoms with E-state index in [4.69, 9.17) is 50.3 Å². The number of hydrogen-bond acceptors (Lipinski definition) is 17. The molecule has 0 unspecified atom stereocenters. The van der Waals surface area contributed by atoms with Crippen LogP contribution in [0.25, 0.3) is 0 Å². The van der Waals surface area contributed by atoms with Crippen LogP contribution in [-0.4, -0.2) is 244 Å². The number of nitrogens with zero attached hydrogens (tertiary/aromatic N) is 4. The maximum atomic E-state index is 13.3. The van der Waals surface area contributed by atoms with Crippen molar-refractivity contribution in [1.82, 2.24) is 40.9 Å². The minimum Gasteiger partial charge on any atom is -0.370 e. The molecule has 0 aromatic rings. The molecule has 0 aliphatic rings. The molecule has 0 aliphatic carbocycles. The number of nitrogens with one attached hydrogen (secondary N) is 8. The zero-order valence-electron chi connectivity index (χ0n) is 50.7. The first-order chi connectivity index (χ1) is 40.7. The summed E-state index contributed by atoms with van der Waals surface area (Å²) in [7, 11) is 0. The minimum atomic E-state index is -0.103. The van der Waals surface area contributed by atoms with Gasteiger partial charge in [-0.3, -0.25) is 40.8 Å². The second-order valence-corrected chi connectivity index (χ2v) is 29.4. The highest BCUT2D eigenvalue weighted by atomic mass is 32.2. The molecule has 18 N–H and O–H groups in total. The molecule has 0 aromatic heterocycles. The molecule has 488 valence electrons. The first-order valence-electron chi connectivity index (χ1n) is 30.1. The Labute approximate surface area is 540 Å². The Morgan fingerprint density at radius 3 is 0.786 bits per heavy atom. The summed E-state index contributed by atoms with van der Waals surface area (Å²) >= 11 is 15.0. The van der Waals surface area contributed by atoms with Crippen molar-refractivity contribution in [2.75, 3.05) is 177 Å². The molecule has 0 aliphatic heterocycles. The van der Waals surface area contributed by atoms with Gasteiger partial charge in [-0.25, -0.2) is 0 Å². The summed E-state index contributed by atoms with van der Waals surface area (Å²) in [5, 5.41) is 41.0. The molecule has 0 saturated heterocycles. The van der Waals surface area contributed by atoms with Crippen molar-refractivity contribution >= 4 is 142 Å². The highest BCUT2D eigenvalue weighted by Crippen LogP contribution is 2.17. The maximum absolute atomic E-state index is 13.3. The van der Waals surface area contributed by atoms with E-state index in [1.54, 1.807) is 22.7 Å². The highest BCUT2D eigenvalue weighted by Gasteiger charge is 2.17. The van der Waals surface area contributed by atoms with Gasteiger partial charge < -0.3 is 69.5 Å². The molecule has 0 heterocycles. The number of carbonyl (C=O) groups is 4. The van der Waals surface area contributed by atoms with Crippen molar-refractivity contribution in [3.63, 3.8) is 0 Å². The first-order valence-corrected chi connectivity index (χ1v) is 39.3. The Balaban J connectivity index is 4.33. The predicted molar refractivity (Wildman–Crippen MR) is 378 cm³/mol. The van der Waals surface area contributed by atoms with Crippen molar-refractivity contribution in [2.45, 2.75) is 103 Å². The molecule has 0 fully saturated rings. The van der Waals surface area contributed by atoms with Gasteiger partial charge in [0.2, 0.25) is 23.6 Å². The van der Waals surface area contributed by atoms with Gasteiger partial charge >= 0.3 is 0 Å². The summed E-state index contributed by atoms with van der Waals surface area (Å²) in [5.41, 5.74) is 27.4. The molecule has 84 heavy (non-hydrogen) atoms. The van der Waals surface area contributed by atoms with Gasteiger partial charge in [-0.2, -0.15) is 94.1 Å². The number of carbonyl (C=O) groups excluding carboxylic acids is 4. The van der Waals surface area contributed by atoms with E-state index < -0.39 is 0 Å². The number of rotatable bonds is 61. The number of thioether (sulfide) groups is 8. The van der Waals surface area contributed by atoms with E-state index in [9.17, 15) is 19.2 Å². The average molecular weight is 1330 g/mol. The van der Waals surface area contributed by atoms with Crippen LogP contribution < -0.4 is 49.9 Å². The molecule has 0 saturated carbocycles. The van der Waals surface area contributed by atoms with Gasteiger partial charge in [-0.15, -0.1) is 6.58 Å². The topological polar surface area (TPSA) is 355 Å². The molecule has 0 spiro atoms. The van der Waals surface area contributed by atoms with Crippen molar-refractivity contribution in [3.05, 3.63) is 12.7 Å². The minimum absolute atomic E-state index is 0.0772. The van der Waals surface area contributed by atoms with Gasteiger partial charge in [0, 0.05) is 127 Å². The van der Waals surface area contributed by atoms with Gasteiger partial charge in [0.05, 0.1) is 0 Å². The second-order valence-electron chi connectivity index (χ2n) is 19.6. The molecule has 0 aromatic carbocycles. The predicted octanol–water partition coefficient (Wildman–Crippen LogP) is 5.48. The number of guanidine groups is 4. The number of hydrogen-bond donors (Lipinski definition) is 13. The molecular formula is C55H111N17O4S8. The fourth-order valence-corrected chi connectivity index (χ4v) is 15.4. The fraction of sp³-hybridized carbons (Fsp3) is 0.818. The Hall–Kier alpha value is -2.54. The Kier molecular flexibility index (Phi) is 58.9. The average Bonchev–Trinajstić information content (AvgIpc) is 3.45. The van der Waals surface area contributed by atoms with Crippen LogP contribution in [0.4, 0.5) is 0 Å². The van der Waals surface area contributed by atoms with Crippen LogP contribution in [-0.2, 0) is 19.2 Å². The van der Waals surface area contributed by atoms with Gasteiger partial charge in [0.25, 0.3) is 0 Å². The van der Waals surface area contributed by atoms with E-state index in [-0.39, 0.29) is 47.5 Å². The summed E-state index contributed by atoms with van der Waals surface area (Å²) in [6, 6.07) is 0. The Morgan fingerprint density at radius 2 is 0.548 bits per heavy atom. The third kappa shape index (κ3) is 54.8. The SMILES string of the molecule is C=CCN(CCNC(=N)N)C(=O)CCSCCCCSCCCN(CCNC(=N)N)C(=O)CCSCCCCSCCCN(CCNC(=N)N)C(=O)CCSCCCCSCCCN(CCNC(=N)N)C(=O)CCSCCCCSCCCN. The first kappa shape index (κ1) is 81.5. The summed E-state index contributed by atoms with van der Waals surface area (Å²) in [5.74, 6) is 15.9. The molecular weight excluding hydrogens is 1220 g/mol. The number of unbranched alkanes of at least 4 members (excludes halogenated alkanes) is 4. The number of nitrogens with two attached hydrogens (primary N) is 5. The van der Waals surface area contributed by atoms with Crippen LogP contribution in [0.15, 0.2) is 12.7 Å². The van der Waals surface area contributed by atoms with E-state index in [1.165, 1.54) is 18.6 Å². The largest absolute Gasteiger partial charge is 0.370 e. The fourth-order valence-electron chi connectivity index (χ4n) is 7.84. The zero-order chi connectivity index (χ0) is 61.9. The van der Waals surface area contributed by atoms with Crippen LogP contribution >= 0.6 is 94.1 Å². The van der Waals surface area contributed by atoms with Gasteiger partial charge in [0.1, 0.15) is 0 Å². The molecule has 0 atom stereocenters. The molecule has 0 bridgehead atoms. The standard InChI is InChI=1S/C55H111N17O4S8/c1-2-24-69(28-20-65-52(57)58)48(73)15-44-81-37-8-4-33-78-41-12-26-71(30-22-67-54(61)62)50(75)17-46-83-39-10-6-35-80-43-14-27-72(31-23-68-55(63)64)51(76)18-47-84-38-9-5-34-79-42-13-25-70(29-21-66-53(59)60)49(74)16-45-82-36-7-3-32-77-40-11-19-56/h2H,1,3-47,56H2,(H4,57,58,65)(H4,59,60,66)(H4,61,62,67)(H4,63,64,68).